The number of aromatic nitrogens is 2. The van der Waals surface area contributed by atoms with Crippen LogP contribution in [0, 0.1) is 5.82 Å². The first-order valence-corrected chi connectivity index (χ1v) is 11.1. The van der Waals surface area contributed by atoms with Crippen LogP contribution < -0.4 is 5.56 Å². The van der Waals surface area contributed by atoms with Crippen molar-refractivity contribution in [3.05, 3.63) is 76.0 Å². The topological polar surface area (TPSA) is 55.2 Å². The number of halogens is 1. The summed E-state index contributed by atoms with van der Waals surface area (Å²) in [6.45, 7) is 2.36. The van der Waals surface area contributed by atoms with Gasteiger partial charge in [-0.3, -0.25) is 9.59 Å². The summed E-state index contributed by atoms with van der Waals surface area (Å²) in [6.07, 6.45) is 4.05. The lowest BCUT2D eigenvalue weighted by Gasteiger charge is -2.39. The Hall–Kier alpha value is -3.02. The van der Waals surface area contributed by atoms with Gasteiger partial charge in [-0.2, -0.15) is 5.10 Å². The monoisotopic (exact) mass is 419 g/mol. The maximum atomic E-state index is 13.4. The van der Waals surface area contributed by atoms with Crippen molar-refractivity contribution in [2.45, 2.75) is 63.6 Å². The Kier molecular flexibility index (Phi) is 5.08. The number of carbonyl (C=O) groups excluding carboxylic acids is 1. The van der Waals surface area contributed by atoms with E-state index in [9.17, 15) is 14.0 Å². The van der Waals surface area contributed by atoms with Gasteiger partial charge in [-0.1, -0.05) is 30.3 Å². The molecular weight excluding hydrogens is 393 g/mol. The van der Waals surface area contributed by atoms with E-state index < -0.39 is 0 Å². The van der Waals surface area contributed by atoms with Gasteiger partial charge in [-0.05, 0) is 62.3 Å². The molecule has 2 atom stereocenters. The number of rotatable bonds is 4. The maximum Gasteiger partial charge on any atom is 0.274 e. The summed E-state index contributed by atoms with van der Waals surface area (Å²) < 4.78 is 14.7. The van der Waals surface area contributed by atoms with E-state index in [1.165, 1.54) is 16.8 Å². The summed E-state index contributed by atoms with van der Waals surface area (Å²) in [5.41, 5.74) is 1.71. The molecule has 2 bridgehead atoms. The molecule has 3 heterocycles. The summed E-state index contributed by atoms with van der Waals surface area (Å²) in [7, 11) is 0. The molecule has 1 aromatic heterocycles. The molecule has 0 spiro atoms. The van der Waals surface area contributed by atoms with Crippen molar-refractivity contribution in [1.82, 2.24) is 14.7 Å². The number of hydrogen-bond acceptors (Lipinski definition) is 3. The van der Waals surface area contributed by atoms with Crippen molar-refractivity contribution in [2.75, 3.05) is 0 Å². The third kappa shape index (κ3) is 3.54. The molecule has 0 aliphatic carbocycles. The van der Waals surface area contributed by atoms with Crippen molar-refractivity contribution in [3.8, 4) is 0 Å². The van der Waals surface area contributed by atoms with Crippen molar-refractivity contribution < 1.29 is 9.18 Å². The summed E-state index contributed by atoms with van der Waals surface area (Å²) in [6, 6.07) is 14.6. The Bertz CT molecular complexity index is 1170. The Labute approximate surface area is 180 Å². The van der Waals surface area contributed by atoms with E-state index in [2.05, 4.69) is 10.00 Å². The van der Waals surface area contributed by atoms with E-state index in [0.717, 1.165) is 36.6 Å². The summed E-state index contributed by atoms with van der Waals surface area (Å²) in [4.78, 5) is 28.0. The molecule has 1 amide bonds. The molecule has 0 N–H and O–H groups in total. The number of piperidine rings is 1. The number of amides is 1. The van der Waals surface area contributed by atoms with Crippen molar-refractivity contribution in [3.63, 3.8) is 0 Å². The lowest BCUT2D eigenvalue weighted by atomic mass is 9.85. The Morgan fingerprint density at radius 1 is 1.03 bits per heavy atom. The van der Waals surface area contributed by atoms with Crippen molar-refractivity contribution in [1.29, 1.82) is 0 Å². The summed E-state index contributed by atoms with van der Waals surface area (Å²) >= 11 is 0. The largest absolute Gasteiger partial charge is 0.336 e. The van der Waals surface area contributed by atoms with Gasteiger partial charge in [-0.15, -0.1) is 0 Å². The molecule has 31 heavy (non-hydrogen) atoms. The molecule has 0 saturated carbocycles. The van der Waals surface area contributed by atoms with Crippen LogP contribution >= 0.6 is 0 Å². The van der Waals surface area contributed by atoms with Crippen LogP contribution in [-0.4, -0.2) is 32.7 Å². The van der Waals surface area contributed by atoms with Gasteiger partial charge in [-0.25, -0.2) is 9.07 Å². The predicted molar refractivity (Wildman–Crippen MR) is 117 cm³/mol. The zero-order chi connectivity index (χ0) is 21.5. The van der Waals surface area contributed by atoms with Gasteiger partial charge in [0, 0.05) is 24.0 Å². The van der Waals surface area contributed by atoms with E-state index in [1.54, 1.807) is 6.07 Å². The van der Waals surface area contributed by atoms with Crippen LogP contribution in [0.15, 0.2) is 53.3 Å². The average molecular weight is 420 g/mol. The number of fused-ring (bicyclic) bond motifs is 3. The minimum absolute atomic E-state index is 0.0870. The van der Waals surface area contributed by atoms with Crippen LogP contribution in [0.3, 0.4) is 0 Å². The minimum atomic E-state index is -0.215. The molecule has 2 saturated heterocycles. The van der Waals surface area contributed by atoms with Crippen LogP contribution in [0.2, 0.25) is 0 Å². The molecule has 0 unspecified atom stereocenters. The van der Waals surface area contributed by atoms with Crippen LogP contribution in [0.25, 0.3) is 10.8 Å². The first-order valence-electron chi connectivity index (χ1n) is 11.1. The molecule has 160 valence electrons. The number of aryl methyl sites for hydroxylation is 1. The molecule has 2 fully saturated rings. The number of carbonyl (C=O) groups is 1. The van der Waals surface area contributed by atoms with Gasteiger partial charge in [0.25, 0.3) is 5.56 Å². The molecular formula is C25H26FN3O2. The second-order valence-electron chi connectivity index (χ2n) is 8.70. The minimum Gasteiger partial charge on any atom is -0.336 e. The molecule has 3 aromatic rings. The van der Waals surface area contributed by atoms with Gasteiger partial charge < -0.3 is 4.90 Å². The maximum absolute atomic E-state index is 13.4. The number of benzene rings is 2. The highest BCUT2D eigenvalue weighted by molar-refractivity contribution is 5.88. The third-order valence-electron chi connectivity index (χ3n) is 6.92. The first-order chi connectivity index (χ1) is 15.0. The summed E-state index contributed by atoms with van der Waals surface area (Å²) in [5.74, 6) is 0.236. The van der Waals surface area contributed by atoms with Gasteiger partial charge >= 0.3 is 0 Å². The van der Waals surface area contributed by atoms with E-state index >= 15 is 0 Å². The van der Waals surface area contributed by atoms with Crippen LogP contribution in [0.5, 0.6) is 0 Å². The second-order valence-corrected chi connectivity index (χ2v) is 8.70. The predicted octanol–water partition coefficient (Wildman–Crippen LogP) is 4.04. The van der Waals surface area contributed by atoms with Gasteiger partial charge in [0.15, 0.2) is 0 Å². The first kappa shape index (κ1) is 19.9. The van der Waals surface area contributed by atoms with Gasteiger partial charge in [0.05, 0.1) is 17.5 Å². The number of hydrogen-bond donors (Lipinski definition) is 0. The van der Waals surface area contributed by atoms with Crippen molar-refractivity contribution in [2.24, 2.45) is 0 Å². The fourth-order valence-corrected chi connectivity index (χ4v) is 5.48. The second kappa shape index (κ2) is 7.91. The van der Waals surface area contributed by atoms with E-state index in [0.29, 0.717) is 23.5 Å². The van der Waals surface area contributed by atoms with Crippen LogP contribution in [-0.2, 0) is 17.8 Å². The van der Waals surface area contributed by atoms with Crippen LogP contribution in [0.4, 0.5) is 4.39 Å². The number of nitrogens with zero attached hydrogens (tertiary/aromatic N) is 3. The van der Waals surface area contributed by atoms with E-state index in [1.807, 2.05) is 37.3 Å². The van der Waals surface area contributed by atoms with E-state index in [4.69, 9.17) is 0 Å². The molecule has 2 aliphatic rings. The molecule has 0 radical (unpaired) electrons. The van der Waals surface area contributed by atoms with Gasteiger partial charge in [0.1, 0.15) is 5.82 Å². The Morgan fingerprint density at radius 2 is 1.68 bits per heavy atom. The molecule has 6 heteroatoms. The molecule has 2 aromatic carbocycles. The zero-order valence-electron chi connectivity index (χ0n) is 17.6. The Morgan fingerprint density at radius 3 is 2.32 bits per heavy atom. The lowest BCUT2D eigenvalue weighted by Crippen LogP contribution is -2.46. The standard InChI is InChI=1S/C25H26FN3O2/c1-2-28-25(31)22-6-4-3-5-21(22)23(27-28)15-24(30)29-19-11-12-20(29)14-17(13-19)16-7-9-18(26)10-8-16/h3-10,17,19-20H,2,11-15H2,1H3/t19-,20-/m0/s1. The lowest BCUT2D eigenvalue weighted by molar-refractivity contribution is -0.135. The van der Waals surface area contributed by atoms with E-state index in [-0.39, 0.29) is 35.8 Å². The third-order valence-corrected chi connectivity index (χ3v) is 6.92. The van der Waals surface area contributed by atoms with Crippen LogP contribution in [0.1, 0.15) is 49.8 Å². The highest BCUT2D eigenvalue weighted by atomic mass is 19.1. The quantitative estimate of drug-likeness (QED) is 0.642. The highest BCUT2D eigenvalue weighted by Gasteiger charge is 2.43. The molecule has 2 aliphatic heterocycles. The van der Waals surface area contributed by atoms with Crippen molar-refractivity contribution >= 4 is 16.7 Å². The fourth-order valence-electron chi connectivity index (χ4n) is 5.48. The fraction of sp³-hybridized carbons (Fsp3) is 0.400. The highest BCUT2D eigenvalue weighted by Crippen LogP contribution is 2.43. The smallest absolute Gasteiger partial charge is 0.274 e. The normalized spacial score (nSPS) is 22.8. The average Bonchev–Trinajstić information content (AvgIpc) is 3.06. The summed E-state index contributed by atoms with van der Waals surface area (Å²) in [5, 5.41) is 5.89. The zero-order valence-corrected chi connectivity index (χ0v) is 17.6. The Balaban J connectivity index is 1.39. The van der Waals surface area contributed by atoms with Gasteiger partial charge in [0.2, 0.25) is 5.91 Å². The molecule has 5 rings (SSSR count). The SMILES string of the molecule is CCn1nc(CC(=O)N2[C@H]3CC[C@H]2CC(c2ccc(F)cc2)C3)c2ccccc2c1=O. The molecule has 5 nitrogen and oxygen atoms in total.